The molecule has 0 unspecified atom stereocenters. The van der Waals surface area contributed by atoms with E-state index in [9.17, 15) is 0 Å². The second-order valence-corrected chi connectivity index (χ2v) is 9.68. The number of hydrogen-bond acceptors (Lipinski definition) is 1. The quantitative estimate of drug-likeness (QED) is 0.464. The lowest BCUT2D eigenvalue weighted by Gasteiger charge is -2.32. The number of aryl methyl sites for hydroxylation is 1. The normalized spacial score (nSPS) is 19.5. The summed E-state index contributed by atoms with van der Waals surface area (Å²) in [5.74, 6) is 1.56. The van der Waals surface area contributed by atoms with E-state index in [0.717, 1.165) is 17.4 Å². The average molecular weight is 410 g/mol. The molecule has 0 atom stereocenters. The second-order valence-electron chi connectivity index (χ2n) is 9.27. The van der Waals surface area contributed by atoms with E-state index in [1.54, 1.807) is 0 Å². The minimum atomic E-state index is 0.697. The fraction of sp³-hybridized carbons (Fsp3) is 0.556. The van der Waals surface area contributed by atoms with Crippen LogP contribution in [-0.2, 0) is 12.8 Å². The van der Waals surface area contributed by atoms with E-state index in [1.807, 2.05) is 0 Å². The summed E-state index contributed by atoms with van der Waals surface area (Å²) in [5.41, 5.74) is 4.31. The molecule has 1 saturated heterocycles. The molecule has 0 radical (unpaired) electrons. The Morgan fingerprint density at radius 2 is 1.59 bits per heavy atom. The number of hydrogen-bond donors (Lipinski definition) is 0. The van der Waals surface area contributed by atoms with Crippen LogP contribution in [0.1, 0.15) is 74.0 Å². The minimum absolute atomic E-state index is 0.697. The van der Waals surface area contributed by atoms with Gasteiger partial charge in [-0.3, -0.25) is 0 Å². The molecule has 2 fully saturated rings. The summed E-state index contributed by atoms with van der Waals surface area (Å²) in [4.78, 5) is 2.67. The first-order chi connectivity index (χ1) is 14.3. The summed E-state index contributed by atoms with van der Waals surface area (Å²) >= 11 is 6.66. The number of nitrogens with zero attached hydrogens (tertiary/aromatic N) is 1. The van der Waals surface area contributed by atoms with Gasteiger partial charge in [-0.1, -0.05) is 73.3 Å². The Morgan fingerprint density at radius 1 is 0.828 bits per heavy atom. The Kier molecular flexibility index (Phi) is 7.68. The molecule has 4 rings (SSSR count). The highest BCUT2D eigenvalue weighted by molar-refractivity contribution is 6.31. The molecular formula is C27H36ClN. The number of likely N-dealkylation sites (tertiary alicyclic amines) is 1. The Balaban J connectivity index is 1.18. The van der Waals surface area contributed by atoms with Crippen molar-refractivity contribution in [3.8, 4) is 0 Å². The highest BCUT2D eigenvalue weighted by atomic mass is 35.5. The third-order valence-corrected chi connectivity index (χ3v) is 7.45. The van der Waals surface area contributed by atoms with Crippen molar-refractivity contribution >= 4 is 11.6 Å². The number of piperidine rings is 1. The molecule has 156 valence electrons. The molecule has 0 aromatic heterocycles. The van der Waals surface area contributed by atoms with Gasteiger partial charge in [-0.05, 0) is 99.2 Å². The number of halogens is 1. The van der Waals surface area contributed by atoms with Gasteiger partial charge in [-0.15, -0.1) is 0 Å². The Labute approximate surface area is 182 Å². The van der Waals surface area contributed by atoms with Crippen molar-refractivity contribution in [2.24, 2.45) is 5.92 Å². The zero-order chi connectivity index (χ0) is 19.9. The summed E-state index contributed by atoms with van der Waals surface area (Å²) in [5, 5.41) is 1.01. The number of benzene rings is 2. The summed E-state index contributed by atoms with van der Waals surface area (Å²) in [6, 6.07) is 17.9. The minimum Gasteiger partial charge on any atom is -0.303 e. The lowest BCUT2D eigenvalue weighted by molar-refractivity contribution is 0.182. The molecule has 0 spiro atoms. The molecule has 1 nitrogen and oxygen atoms in total. The topological polar surface area (TPSA) is 3.24 Å². The molecule has 2 heteroatoms. The smallest absolute Gasteiger partial charge is 0.0443 e. The predicted molar refractivity (Wildman–Crippen MR) is 125 cm³/mol. The highest BCUT2D eigenvalue weighted by Gasteiger charge is 2.20. The van der Waals surface area contributed by atoms with Crippen LogP contribution in [0.15, 0.2) is 48.5 Å². The molecule has 0 N–H and O–H groups in total. The van der Waals surface area contributed by atoms with Crippen molar-refractivity contribution in [1.82, 2.24) is 4.90 Å². The fourth-order valence-corrected chi connectivity index (χ4v) is 5.70. The van der Waals surface area contributed by atoms with Gasteiger partial charge in [0.25, 0.3) is 0 Å². The van der Waals surface area contributed by atoms with E-state index in [4.69, 9.17) is 11.6 Å². The third kappa shape index (κ3) is 6.09. The van der Waals surface area contributed by atoms with Gasteiger partial charge in [0.1, 0.15) is 0 Å². The SMILES string of the molecule is Clc1cc(CCCN2CCC(Cc3ccccc3)CC2)ccc1C1CCCCC1. The van der Waals surface area contributed by atoms with Gasteiger partial charge >= 0.3 is 0 Å². The van der Waals surface area contributed by atoms with Crippen LogP contribution >= 0.6 is 11.6 Å². The molecule has 1 heterocycles. The van der Waals surface area contributed by atoms with E-state index in [2.05, 4.69) is 53.4 Å². The van der Waals surface area contributed by atoms with Gasteiger partial charge in [-0.25, -0.2) is 0 Å². The van der Waals surface area contributed by atoms with Crippen LogP contribution in [0.25, 0.3) is 0 Å². The van der Waals surface area contributed by atoms with Crippen LogP contribution in [0.2, 0.25) is 5.02 Å². The van der Waals surface area contributed by atoms with Gasteiger partial charge < -0.3 is 4.90 Å². The van der Waals surface area contributed by atoms with Crippen LogP contribution in [0.4, 0.5) is 0 Å². The summed E-state index contributed by atoms with van der Waals surface area (Å²) < 4.78 is 0. The van der Waals surface area contributed by atoms with Gasteiger partial charge in [0.2, 0.25) is 0 Å². The maximum absolute atomic E-state index is 6.66. The molecule has 0 amide bonds. The molecule has 0 bridgehead atoms. The second kappa shape index (κ2) is 10.6. The Bertz CT molecular complexity index is 742. The highest BCUT2D eigenvalue weighted by Crippen LogP contribution is 2.36. The molecule has 1 aliphatic carbocycles. The van der Waals surface area contributed by atoms with E-state index < -0.39 is 0 Å². The number of rotatable bonds is 7. The van der Waals surface area contributed by atoms with Crippen LogP contribution in [0.5, 0.6) is 0 Å². The van der Waals surface area contributed by atoms with Crippen molar-refractivity contribution in [2.75, 3.05) is 19.6 Å². The first-order valence-electron chi connectivity index (χ1n) is 11.8. The van der Waals surface area contributed by atoms with Gasteiger partial charge in [-0.2, -0.15) is 0 Å². The Morgan fingerprint density at radius 3 is 2.31 bits per heavy atom. The van der Waals surface area contributed by atoms with Crippen molar-refractivity contribution < 1.29 is 0 Å². The zero-order valence-electron chi connectivity index (χ0n) is 17.8. The monoisotopic (exact) mass is 409 g/mol. The first-order valence-corrected chi connectivity index (χ1v) is 12.2. The van der Waals surface area contributed by atoms with Gasteiger partial charge in [0, 0.05) is 5.02 Å². The maximum atomic E-state index is 6.66. The van der Waals surface area contributed by atoms with Crippen molar-refractivity contribution in [1.29, 1.82) is 0 Å². The molecule has 1 aliphatic heterocycles. The van der Waals surface area contributed by atoms with Gasteiger partial charge in [0.15, 0.2) is 0 Å². The zero-order valence-corrected chi connectivity index (χ0v) is 18.5. The van der Waals surface area contributed by atoms with Gasteiger partial charge in [0.05, 0.1) is 0 Å². The van der Waals surface area contributed by atoms with E-state index in [0.29, 0.717) is 5.92 Å². The predicted octanol–water partition coefficient (Wildman–Crippen LogP) is 7.28. The average Bonchev–Trinajstić information content (AvgIpc) is 2.76. The Hall–Kier alpha value is -1.31. The summed E-state index contributed by atoms with van der Waals surface area (Å²) in [6.45, 7) is 3.75. The van der Waals surface area contributed by atoms with Crippen molar-refractivity contribution in [3.63, 3.8) is 0 Å². The molecule has 1 saturated carbocycles. The fourth-order valence-electron chi connectivity index (χ4n) is 5.34. The lowest BCUT2D eigenvalue weighted by atomic mass is 9.83. The summed E-state index contributed by atoms with van der Waals surface area (Å²) in [7, 11) is 0. The van der Waals surface area contributed by atoms with E-state index >= 15 is 0 Å². The molecule has 29 heavy (non-hydrogen) atoms. The van der Waals surface area contributed by atoms with Crippen molar-refractivity contribution in [2.45, 2.75) is 70.1 Å². The van der Waals surface area contributed by atoms with Crippen LogP contribution < -0.4 is 0 Å². The van der Waals surface area contributed by atoms with Crippen LogP contribution in [-0.4, -0.2) is 24.5 Å². The van der Waals surface area contributed by atoms with Crippen LogP contribution in [0, 0.1) is 5.92 Å². The maximum Gasteiger partial charge on any atom is 0.0443 e. The van der Waals surface area contributed by atoms with E-state index in [1.165, 1.54) is 94.1 Å². The third-order valence-electron chi connectivity index (χ3n) is 7.12. The largest absolute Gasteiger partial charge is 0.303 e. The van der Waals surface area contributed by atoms with Crippen LogP contribution in [0.3, 0.4) is 0 Å². The summed E-state index contributed by atoms with van der Waals surface area (Å²) in [6.07, 6.45) is 13.1. The molecule has 2 aromatic carbocycles. The van der Waals surface area contributed by atoms with E-state index in [-0.39, 0.29) is 0 Å². The standard InChI is InChI=1S/C27H36ClN/c28-27-21-23(13-14-26(27)25-11-5-2-6-12-25)10-7-17-29-18-15-24(16-19-29)20-22-8-3-1-4-9-22/h1,3-4,8-9,13-14,21,24-25H,2,5-7,10-12,15-20H2. The molecule has 2 aromatic rings. The molecule has 2 aliphatic rings. The van der Waals surface area contributed by atoms with Crippen molar-refractivity contribution in [3.05, 3.63) is 70.2 Å². The molecular weight excluding hydrogens is 374 g/mol. The first kappa shape index (κ1) is 20.9. The lowest BCUT2D eigenvalue weighted by Crippen LogP contribution is -2.35.